The summed E-state index contributed by atoms with van der Waals surface area (Å²) in [6, 6.07) is 0. The molecule has 4 atom stereocenters. The monoisotopic (exact) mass is 322 g/mol. The number of nitrogens with one attached hydrogen (secondary N) is 1. The van der Waals surface area contributed by atoms with E-state index >= 15 is 4.39 Å². The highest BCUT2D eigenvalue weighted by Crippen LogP contribution is 2.42. The minimum Gasteiger partial charge on any atom is -0.386 e. The summed E-state index contributed by atoms with van der Waals surface area (Å²) >= 11 is 0. The third-order valence-electron chi connectivity index (χ3n) is 3.77. The first-order chi connectivity index (χ1) is 11.0. The molecule has 0 spiro atoms. The van der Waals surface area contributed by atoms with E-state index in [1.165, 1.54) is 17.2 Å². The van der Waals surface area contributed by atoms with E-state index in [-0.39, 0.29) is 17.8 Å². The second-order valence-corrected chi connectivity index (χ2v) is 5.10. The highest BCUT2D eigenvalue weighted by molar-refractivity contribution is 5.69. The number of hydrogen-bond donors (Lipinski definition) is 2. The first-order valence-electron chi connectivity index (χ1n) is 7.01. The van der Waals surface area contributed by atoms with E-state index < -0.39 is 29.7 Å². The Balaban J connectivity index is 2.05. The number of imidazole rings is 1. The van der Waals surface area contributed by atoms with Crippen molar-refractivity contribution in [2.24, 2.45) is 0 Å². The SMILES string of the molecule is C#C[C@@]1(F)[C@H](O)[C@@H](COCC)O[C@H]1n1cnc2c(=O)[nH]cnc21. The fraction of sp³-hybridized carbons (Fsp3) is 0.500. The molecular formula is C14H15FN4O4. The van der Waals surface area contributed by atoms with Crippen molar-refractivity contribution in [2.45, 2.75) is 31.0 Å². The molecule has 0 aliphatic carbocycles. The molecule has 0 bridgehead atoms. The Morgan fingerprint density at radius 1 is 1.65 bits per heavy atom. The number of terminal acetylenes is 1. The van der Waals surface area contributed by atoms with Crippen molar-refractivity contribution >= 4 is 11.2 Å². The van der Waals surface area contributed by atoms with Crippen molar-refractivity contribution in [1.82, 2.24) is 19.5 Å². The zero-order valence-corrected chi connectivity index (χ0v) is 12.3. The molecule has 8 nitrogen and oxygen atoms in total. The Morgan fingerprint density at radius 2 is 2.43 bits per heavy atom. The van der Waals surface area contributed by atoms with E-state index in [1.54, 1.807) is 6.92 Å². The fourth-order valence-corrected chi connectivity index (χ4v) is 2.58. The lowest BCUT2D eigenvalue weighted by Crippen LogP contribution is -2.42. The summed E-state index contributed by atoms with van der Waals surface area (Å²) in [5.74, 6) is 1.95. The number of aliphatic hydroxyl groups excluding tert-OH is 1. The second-order valence-electron chi connectivity index (χ2n) is 5.10. The number of fused-ring (bicyclic) bond motifs is 1. The molecule has 0 unspecified atom stereocenters. The van der Waals surface area contributed by atoms with Crippen LogP contribution >= 0.6 is 0 Å². The Morgan fingerprint density at radius 3 is 3.13 bits per heavy atom. The largest absolute Gasteiger partial charge is 0.386 e. The lowest BCUT2D eigenvalue weighted by molar-refractivity contribution is -0.0635. The van der Waals surface area contributed by atoms with Gasteiger partial charge in [0.2, 0.25) is 5.67 Å². The number of hydrogen-bond acceptors (Lipinski definition) is 6. The number of aromatic amines is 1. The fourth-order valence-electron chi connectivity index (χ4n) is 2.58. The minimum absolute atomic E-state index is 0.0117. The molecule has 23 heavy (non-hydrogen) atoms. The van der Waals surface area contributed by atoms with Gasteiger partial charge in [0.05, 0.1) is 19.3 Å². The number of aromatic nitrogens is 4. The molecule has 122 valence electrons. The molecule has 2 N–H and O–H groups in total. The normalized spacial score (nSPS) is 30.6. The number of nitrogens with zero attached hydrogens (tertiary/aromatic N) is 3. The average Bonchev–Trinajstić information content (AvgIpc) is 3.08. The van der Waals surface area contributed by atoms with Crippen LogP contribution in [0.1, 0.15) is 13.2 Å². The summed E-state index contributed by atoms with van der Waals surface area (Å²) < 4.78 is 27.1. The summed E-state index contributed by atoms with van der Waals surface area (Å²) in [7, 11) is 0. The van der Waals surface area contributed by atoms with Gasteiger partial charge in [-0.1, -0.05) is 5.92 Å². The highest BCUT2D eigenvalue weighted by atomic mass is 19.1. The molecule has 0 amide bonds. The molecule has 0 radical (unpaired) electrons. The van der Waals surface area contributed by atoms with Crippen molar-refractivity contribution < 1.29 is 19.0 Å². The van der Waals surface area contributed by atoms with Gasteiger partial charge in [0.25, 0.3) is 5.56 Å². The number of alkyl halides is 1. The summed E-state index contributed by atoms with van der Waals surface area (Å²) in [6.45, 7) is 2.14. The van der Waals surface area contributed by atoms with Gasteiger partial charge >= 0.3 is 0 Å². The molecule has 1 fully saturated rings. The molecule has 9 heteroatoms. The molecule has 3 heterocycles. The maximum Gasteiger partial charge on any atom is 0.278 e. The molecule has 2 aromatic heterocycles. The lowest BCUT2D eigenvalue weighted by Gasteiger charge is -2.23. The van der Waals surface area contributed by atoms with Gasteiger partial charge in [-0.15, -0.1) is 6.42 Å². The van der Waals surface area contributed by atoms with E-state index in [9.17, 15) is 9.90 Å². The van der Waals surface area contributed by atoms with E-state index in [1.807, 2.05) is 5.92 Å². The topological polar surface area (TPSA) is 102 Å². The molecule has 0 saturated carbocycles. The number of halogens is 1. The van der Waals surface area contributed by atoms with E-state index in [0.29, 0.717) is 6.61 Å². The smallest absolute Gasteiger partial charge is 0.278 e. The first kappa shape index (κ1) is 15.6. The lowest BCUT2D eigenvalue weighted by atomic mass is 9.97. The van der Waals surface area contributed by atoms with Crippen molar-refractivity contribution in [2.75, 3.05) is 13.2 Å². The van der Waals surface area contributed by atoms with Crippen LogP contribution < -0.4 is 5.56 Å². The second kappa shape index (κ2) is 5.73. The summed E-state index contributed by atoms with van der Waals surface area (Å²) in [5, 5.41) is 10.2. The molecule has 1 aliphatic heterocycles. The van der Waals surface area contributed by atoms with Crippen molar-refractivity contribution in [3.63, 3.8) is 0 Å². The van der Waals surface area contributed by atoms with E-state index in [2.05, 4.69) is 15.0 Å². The van der Waals surface area contributed by atoms with Crippen LogP contribution in [0.25, 0.3) is 11.2 Å². The quantitative estimate of drug-likeness (QED) is 0.753. The standard InChI is InChI=1S/C14H15FN4O4/c1-3-14(15)10(20)8(5-22-4-2)23-13(14)19-7-18-9-11(19)16-6-17-12(9)21/h1,6-8,10,13,20H,4-5H2,2H3,(H,16,17,21)/t8-,10-,13-,14-/m1/s1. The van der Waals surface area contributed by atoms with Crippen LogP contribution in [-0.2, 0) is 9.47 Å². The molecule has 1 saturated heterocycles. The van der Waals surface area contributed by atoms with Crippen molar-refractivity contribution in [3.8, 4) is 12.3 Å². The van der Waals surface area contributed by atoms with E-state index in [4.69, 9.17) is 15.9 Å². The van der Waals surface area contributed by atoms with Gasteiger partial charge in [-0.25, -0.2) is 14.4 Å². The van der Waals surface area contributed by atoms with Crippen LogP contribution in [0.3, 0.4) is 0 Å². The Labute approximate surface area is 130 Å². The Hall–Kier alpha value is -2.28. The van der Waals surface area contributed by atoms with Crippen LogP contribution in [0.2, 0.25) is 0 Å². The Bertz CT molecular complexity index is 813. The highest BCUT2D eigenvalue weighted by Gasteiger charge is 2.57. The van der Waals surface area contributed by atoms with Crippen molar-refractivity contribution in [3.05, 3.63) is 23.0 Å². The third kappa shape index (κ3) is 2.31. The zero-order chi connectivity index (χ0) is 16.6. The van der Waals surface area contributed by atoms with Crippen LogP contribution in [0.15, 0.2) is 17.4 Å². The molecule has 3 rings (SSSR count). The number of rotatable bonds is 4. The molecule has 2 aromatic rings. The predicted octanol–water partition coefficient (Wildman–Crippen LogP) is -0.244. The molecular weight excluding hydrogens is 307 g/mol. The summed E-state index contributed by atoms with van der Waals surface area (Å²) in [6.07, 6.45) is 3.78. The van der Waals surface area contributed by atoms with Crippen LogP contribution in [0.4, 0.5) is 4.39 Å². The Kier molecular flexibility index (Phi) is 3.89. The van der Waals surface area contributed by atoms with Gasteiger partial charge in [0, 0.05) is 6.61 Å². The minimum atomic E-state index is -2.50. The molecule has 1 aliphatic rings. The van der Waals surface area contributed by atoms with Gasteiger partial charge in [-0.3, -0.25) is 9.36 Å². The van der Waals surface area contributed by atoms with Gasteiger partial charge < -0.3 is 19.6 Å². The van der Waals surface area contributed by atoms with Crippen LogP contribution in [0, 0.1) is 12.3 Å². The number of H-pyrrole nitrogens is 1. The van der Waals surface area contributed by atoms with Gasteiger partial charge in [-0.05, 0) is 6.92 Å². The van der Waals surface area contributed by atoms with E-state index in [0.717, 1.165) is 0 Å². The number of ether oxygens (including phenoxy) is 2. The van der Waals surface area contributed by atoms with Gasteiger partial charge in [-0.2, -0.15) is 0 Å². The van der Waals surface area contributed by atoms with Crippen molar-refractivity contribution in [1.29, 1.82) is 0 Å². The summed E-state index contributed by atoms with van der Waals surface area (Å²) in [4.78, 5) is 21.9. The van der Waals surface area contributed by atoms with Crippen LogP contribution in [0.5, 0.6) is 0 Å². The summed E-state index contributed by atoms with van der Waals surface area (Å²) in [5.41, 5.74) is -2.83. The predicted molar refractivity (Wildman–Crippen MR) is 77.2 cm³/mol. The van der Waals surface area contributed by atoms with Crippen LogP contribution in [-0.4, -0.2) is 55.7 Å². The molecule has 0 aromatic carbocycles. The average molecular weight is 322 g/mol. The first-order valence-corrected chi connectivity index (χ1v) is 7.01. The van der Waals surface area contributed by atoms with Gasteiger partial charge in [0.1, 0.15) is 12.2 Å². The third-order valence-corrected chi connectivity index (χ3v) is 3.77. The number of aliphatic hydroxyl groups is 1. The maximum atomic E-state index is 15.1. The maximum absolute atomic E-state index is 15.1. The van der Waals surface area contributed by atoms with Gasteiger partial charge in [0.15, 0.2) is 17.4 Å². The zero-order valence-electron chi connectivity index (χ0n) is 12.3.